The van der Waals surface area contributed by atoms with Gasteiger partial charge in [0.2, 0.25) is 0 Å². The van der Waals surface area contributed by atoms with E-state index in [2.05, 4.69) is 25.9 Å². The van der Waals surface area contributed by atoms with Gasteiger partial charge in [-0.05, 0) is 12.1 Å². The molecule has 0 saturated carbocycles. The van der Waals surface area contributed by atoms with E-state index >= 15 is 0 Å². The van der Waals surface area contributed by atoms with Gasteiger partial charge in [0.15, 0.2) is 5.58 Å². The summed E-state index contributed by atoms with van der Waals surface area (Å²) in [6.45, 7) is 10.4. The molecule has 0 saturated heterocycles. The van der Waals surface area contributed by atoms with Crippen molar-refractivity contribution in [2.75, 3.05) is 0 Å². The molecule has 1 heterocycles. The third-order valence-electron chi connectivity index (χ3n) is 2.09. The maximum Gasteiger partial charge on any atom is 0.167 e. The second kappa shape index (κ2) is 5.69. The van der Waals surface area contributed by atoms with Crippen LogP contribution >= 0.6 is 0 Å². The van der Waals surface area contributed by atoms with Crippen LogP contribution in [0, 0.1) is 0 Å². The van der Waals surface area contributed by atoms with Crippen molar-refractivity contribution in [3.8, 4) is 0 Å². The van der Waals surface area contributed by atoms with E-state index in [4.69, 9.17) is 4.52 Å². The fourth-order valence-corrected chi connectivity index (χ4v) is 1.43. The number of benzene rings is 1. The summed E-state index contributed by atoms with van der Waals surface area (Å²) in [6, 6.07) is 7.96. The van der Waals surface area contributed by atoms with Gasteiger partial charge >= 0.3 is 0 Å². The molecular weight excluding hydrogens is 198 g/mol. The van der Waals surface area contributed by atoms with Gasteiger partial charge in [-0.15, -0.1) is 0 Å². The first kappa shape index (κ1) is 14.7. The van der Waals surface area contributed by atoms with Crippen molar-refractivity contribution in [1.29, 1.82) is 0 Å². The molecule has 0 N–H and O–H groups in total. The summed E-state index contributed by atoms with van der Waals surface area (Å²) >= 11 is 0. The van der Waals surface area contributed by atoms with Gasteiger partial charge in [-0.1, -0.05) is 59.3 Å². The summed E-state index contributed by atoms with van der Waals surface area (Å²) in [7, 11) is 0. The molecule has 1 aromatic carbocycles. The number of hydrogen-bond donors (Lipinski definition) is 0. The second-order valence-electron chi connectivity index (χ2n) is 4.28. The predicted octanol–water partition coefficient (Wildman–Crippen LogP) is 4.79. The number of rotatable bonds is 0. The Morgan fingerprint density at radius 2 is 1.62 bits per heavy atom. The highest BCUT2D eigenvalue weighted by atomic mass is 16.5. The fraction of sp³-hybridized carbons (Fsp3) is 0.500. The van der Waals surface area contributed by atoms with Crippen molar-refractivity contribution in [3.63, 3.8) is 0 Å². The first-order valence-electron chi connectivity index (χ1n) is 5.44. The molecule has 2 heteroatoms. The summed E-state index contributed by atoms with van der Waals surface area (Å²) in [5.41, 5.74) is 1.95. The van der Waals surface area contributed by atoms with Crippen LogP contribution in [0.2, 0.25) is 0 Å². The van der Waals surface area contributed by atoms with Crippen LogP contribution in [0.5, 0.6) is 0 Å². The zero-order chi connectivity index (χ0) is 11.5. The molecule has 0 aliphatic carbocycles. The summed E-state index contributed by atoms with van der Waals surface area (Å²) in [5.74, 6) is 0. The average Bonchev–Trinajstić information content (AvgIpc) is 2.63. The lowest BCUT2D eigenvalue weighted by atomic mass is 9.90. The smallest absolute Gasteiger partial charge is 0.167 e. The van der Waals surface area contributed by atoms with Crippen LogP contribution in [0.25, 0.3) is 11.0 Å². The number of aromatic nitrogens is 1. The number of fused-ring (bicyclic) bond motifs is 1. The highest BCUT2D eigenvalue weighted by molar-refractivity contribution is 5.80. The Morgan fingerprint density at radius 1 is 1.06 bits per heavy atom. The normalized spacial score (nSPS) is 10.3. The number of nitrogens with zero attached hydrogens (tertiary/aromatic N) is 1. The van der Waals surface area contributed by atoms with Gasteiger partial charge in [-0.2, -0.15) is 0 Å². The van der Waals surface area contributed by atoms with Crippen LogP contribution in [0.3, 0.4) is 0 Å². The van der Waals surface area contributed by atoms with Crippen molar-refractivity contribution in [2.45, 2.75) is 47.5 Å². The van der Waals surface area contributed by atoms with Crippen LogP contribution < -0.4 is 0 Å². The van der Waals surface area contributed by atoms with Gasteiger partial charge in [0.05, 0.1) is 5.69 Å². The molecule has 2 rings (SSSR count). The lowest BCUT2D eigenvalue weighted by Crippen LogP contribution is -2.11. The zero-order valence-corrected chi connectivity index (χ0v) is 10.2. The Bertz CT molecular complexity index is 423. The highest BCUT2D eigenvalue weighted by Crippen LogP contribution is 2.28. The molecule has 0 amide bonds. The summed E-state index contributed by atoms with van der Waals surface area (Å²) in [5, 5.41) is 5.21. The standard InChI is InChI=1S/C11H13NO.C2H6.CH4/c1-11(2,3)10-8-6-4-5-7-9(8)13-12-10;1-2;/h4-7H,1-3H3;1-2H3;1H4. The van der Waals surface area contributed by atoms with Gasteiger partial charge < -0.3 is 4.52 Å². The molecule has 2 nitrogen and oxygen atoms in total. The van der Waals surface area contributed by atoms with E-state index in [1.165, 1.54) is 0 Å². The van der Waals surface area contributed by atoms with E-state index < -0.39 is 0 Å². The van der Waals surface area contributed by atoms with Crippen molar-refractivity contribution in [2.24, 2.45) is 0 Å². The largest absolute Gasteiger partial charge is 0.356 e. The van der Waals surface area contributed by atoms with Gasteiger partial charge in [0.1, 0.15) is 0 Å². The van der Waals surface area contributed by atoms with Gasteiger partial charge in [-0.3, -0.25) is 0 Å². The maximum atomic E-state index is 5.23. The molecule has 2 aromatic rings. The molecule has 16 heavy (non-hydrogen) atoms. The van der Waals surface area contributed by atoms with Gasteiger partial charge in [-0.25, -0.2) is 0 Å². The van der Waals surface area contributed by atoms with Crippen molar-refractivity contribution in [3.05, 3.63) is 30.0 Å². The average molecular weight is 221 g/mol. The molecule has 1 aromatic heterocycles. The minimum atomic E-state index is 0. The SMILES string of the molecule is C.CC.CC(C)(C)c1noc2ccccc12. The summed E-state index contributed by atoms with van der Waals surface area (Å²) in [4.78, 5) is 0. The number of para-hydroxylation sites is 1. The monoisotopic (exact) mass is 221 g/mol. The Labute approximate surface area is 98.6 Å². The molecule has 0 aliphatic heterocycles. The van der Waals surface area contributed by atoms with E-state index in [0.29, 0.717) is 0 Å². The Morgan fingerprint density at radius 3 is 2.19 bits per heavy atom. The van der Waals surface area contributed by atoms with Crippen molar-refractivity contribution in [1.82, 2.24) is 5.16 Å². The first-order valence-corrected chi connectivity index (χ1v) is 5.44. The summed E-state index contributed by atoms with van der Waals surface area (Å²) < 4.78 is 5.23. The molecule has 0 bridgehead atoms. The number of hydrogen-bond acceptors (Lipinski definition) is 2. The third-order valence-corrected chi connectivity index (χ3v) is 2.09. The zero-order valence-electron chi connectivity index (χ0n) is 10.2. The van der Waals surface area contributed by atoms with E-state index in [-0.39, 0.29) is 12.8 Å². The Hall–Kier alpha value is -1.31. The van der Waals surface area contributed by atoms with Crippen LogP contribution in [0.1, 0.15) is 47.7 Å². The van der Waals surface area contributed by atoms with E-state index in [1.807, 2.05) is 38.1 Å². The summed E-state index contributed by atoms with van der Waals surface area (Å²) in [6.07, 6.45) is 0. The maximum absolute atomic E-state index is 5.23. The first-order chi connectivity index (χ1) is 7.09. The third kappa shape index (κ3) is 2.84. The molecule has 0 radical (unpaired) electrons. The van der Waals surface area contributed by atoms with Crippen LogP contribution in [0.15, 0.2) is 28.8 Å². The molecule has 0 aliphatic rings. The van der Waals surface area contributed by atoms with Crippen molar-refractivity contribution < 1.29 is 4.52 Å². The lowest BCUT2D eigenvalue weighted by Gasteiger charge is -2.13. The predicted molar refractivity (Wildman–Crippen MR) is 70.8 cm³/mol. The fourth-order valence-electron chi connectivity index (χ4n) is 1.43. The molecule has 0 spiro atoms. The molecule has 0 unspecified atom stereocenters. The minimum Gasteiger partial charge on any atom is -0.356 e. The minimum absolute atomic E-state index is 0. The Balaban J connectivity index is 0.000000711. The van der Waals surface area contributed by atoms with Gasteiger partial charge in [0, 0.05) is 10.8 Å². The molecular formula is C14H23NO. The molecule has 90 valence electrons. The highest BCUT2D eigenvalue weighted by Gasteiger charge is 2.21. The second-order valence-corrected chi connectivity index (χ2v) is 4.28. The quantitative estimate of drug-likeness (QED) is 0.639. The topological polar surface area (TPSA) is 26.0 Å². The van der Waals surface area contributed by atoms with E-state index in [0.717, 1.165) is 16.7 Å². The lowest BCUT2D eigenvalue weighted by molar-refractivity contribution is 0.419. The van der Waals surface area contributed by atoms with Crippen LogP contribution in [0.4, 0.5) is 0 Å². The molecule has 0 fully saturated rings. The van der Waals surface area contributed by atoms with Gasteiger partial charge in [0.25, 0.3) is 0 Å². The van der Waals surface area contributed by atoms with Crippen LogP contribution in [-0.4, -0.2) is 5.16 Å². The van der Waals surface area contributed by atoms with Crippen molar-refractivity contribution >= 4 is 11.0 Å². The van der Waals surface area contributed by atoms with Crippen LogP contribution in [-0.2, 0) is 5.41 Å². The Kier molecular flexibility index (Phi) is 5.22. The molecule has 0 atom stereocenters. The van der Waals surface area contributed by atoms with E-state index in [1.54, 1.807) is 0 Å². The van der Waals surface area contributed by atoms with E-state index in [9.17, 15) is 0 Å².